The van der Waals surface area contributed by atoms with Crippen LogP contribution in [0.5, 0.6) is 0 Å². The van der Waals surface area contributed by atoms with Crippen LogP contribution in [0.1, 0.15) is 16.9 Å². The fraction of sp³-hybridized carbons (Fsp3) is 0.500. The number of nitrogens with one attached hydrogen (secondary N) is 2. The number of halogens is 1. The summed E-state index contributed by atoms with van der Waals surface area (Å²) in [5.41, 5.74) is 0.201. The molecular weight excluding hydrogens is 291 g/mol. The molecule has 0 saturated carbocycles. The van der Waals surface area contributed by atoms with Gasteiger partial charge in [-0.2, -0.15) is 0 Å². The molecule has 2 N–H and O–H groups in total. The number of rotatable bonds is 3. The van der Waals surface area contributed by atoms with Crippen LogP contribution in [0, 0.1) is 11.7 Å². The molecule has 0 radical (unpaired) electrons. The van der Waals surface area contributed by atoms with Gasteiger partial charge < -0.3 is 20.1 Å². The lowest BCUT2D eigenvalue weighted by Gasteiger charge is -2.43. The number of likely N-dealkylation sites (tertiary alicyclic amines) is 2. The molecule has 1 aromatic heterocycles. The van der Waals surface area contributed by atoms with E-state index in [1.54, 1.807) is 16.8 Å². The fourth-order valence-electron chi connectivity index (χ4n) is 2.94. The maximum absolute atomic E-state index is 12.9. The molecular formula is C14H17FN4O3. The highest BCUT2D eigenvalue weighted by molar-refractivity contribution is 5.93. The molecule has 1 unspecified atom stereocenters. The first-order valence-corrected chi connectivity index (χ1v) is 7.14. The first-order chi connectivity index (χ1) is 10.5. The molecule has 0 aromatic carbocycles. The standard InChI is InChI=1S/C14H17FN4O3/c1-16-13(21)8-2-12(20)19(5-8)10-6-18(7-10)14(22)11-3-9(15)4-17-11/h3-4,8,10,17H,2,5-7H2,1H3,(H,16,21). The van der Waals surface area contributed by atoms with Crippen LogP contribution in [0.4, 0.5) is 4.39 Å². The molecule has 3 rings (SSSR count). The van der Waals surface area contributed by atoms with Gasteiger partial charge in [0, 0.05) is 45.4 Å². The summed E-state index contributed by atoms with van der Waals surface area (Å²) >= 11 is 0. The molecule has 3 heterocycles. The van der Waals surface area contributed by atoms with Gasteiger partial charge in [-0.3, -0.25) is 14.4 Å². The Hall–Kier alpha value is -2.38. The van der Waals surface area contributed by atoms with Gasteiger partial charge >= 0.3 is 0 Å². The van der Waals surface area contributed by atoms with Crippen molar-refractivity contribution in [2.24, 2.45) is 5.92 Å². The Morgan fingerprint density at radius 1 is 1.36 bits per heavy atom. The third kappa shape index (κ3) is 2.44. The Bertz CT molecular complexity index is 623. The van der Waals surface area contributed by atoms with Gasteiger partial charge in [0.15, 0.2) is 0 Å². The molecule has 2 saturated heterocycles. The van der Waals surface area contributed by atoms with E-state index in [2.05, 4.69) is 10.3 Å². The number of aromatic nitrogens is 1. The van der Waals surface area contributed by atoms with Crippen LogP contribution in [0.2, 0.25) is 0 Å². The lowest BCUT2D eigenvalue weighted by molar-refractivity contribution is -0.132. The minimum atomic E-state index is -0.483. The molecule has 3 amide bonds. The fourth-order valence-corrected chi connectivity index (χ4v) is 2.94. The molecule has 0 bridgehead atoms. The van der Waals surface area contributed by atoms with Crippen LogP contribution in [0.25, 0.3) is 0 Å². The van der Waals surface area contributed by atoms with Crippen molar-refractivity contribution in [3.63, 3.8) is 0 Å². The summed E-state index contributed by atoms with van der Waals surface area (Å²) in [6.45, 7) is 1.21. The highest BCUT2D eigenvalue weighted by Crippen LogP contribution is 2.26. The summed E-state index contributed by atoms with van der Waals surface area (Å²) in [5.74, 6) is -1.28. The molecule has 2 aliphatic heterocycles. The Morgan fingerprint density at radius 3 is 2.68 bits per heavy atom. The van der Waals surface area contributed by atoms with E-state index in [9.17, 15) is 18.8 Å². The van der Waals surface area contributed by atoms with Crippen LogP contribution >= 0.6 is 0 Å². The SMILES string of the molecule is CNC(=O)C1CC(=O)N(C2CN(C(=O)c3cc(F)c[nH]3)C2)C1. The van der Waals surface area contributed by atoms with Crippen molar-refractivity contribution < 1.29 is 18.8 Å². The second-order valence-electron chi connectivity index (χ2n) is 5.66. The quantitative estimate of drug-likeness (QED) is 0.795. The van der Waals surface area contributed by atoms with E-state index in [4.69, 9.17) is 0 Å². The van der Waals surface area contributed by atoms with Crippen LogP contribution in [0.15, 0.2) is 12.3 Å². The molecule has 0 aliphatic carbocycles. The van der Waals surface area contributed by atoms with Crippen molar-refractivity contribution in [2.45, 2.75) is 12.5 Å². The van der Waals surface area contributed by atoms with Gasteiger partial charge in [0.25, 0.3) is 5.91 Å². The van der Waals surface area contributed by atoms with E-state index in [-0.39, 0.29) is 41.8 Å². The van der Waals surface area contributed by atoms with Gasteiger partial charge in [-0.1, -0.05) is 0 Å². The van der Waals surface area contributed by atoms with E-state index < -0.39 is 5.82 Å². The minimum absolute atomic E-state index is 0.0587. The number of aromatic amines is 1. The summed E-state index contributed by atoms with van der Waals surface area (Å²) < 4.78 is 12.9. The van der Waals surface area contributed by atoms with Gasteiger partial charge in [-0.15, -0.1) is 0 Å². The van der Waals surface area contributed by atoms with Gasteiger partial charge in [0.2, 0.25) is 11.8 Å². The minimum Gasteiger partial charge on any atom is -0.359 e. The number of hydrogen-bond acceptors (Lipinski definition) is 3. The molecule has 2 aliphatic rings. The Kier molecular flexibility index (Phi) is 3.59. The molecule has 118 valence electrons. The predicted octanol–water partition coefficient (Wildman–Crippen LogP) is -0.427. The van der Waals surface area contributed by atoms with E-state index in [1.807, 2.05) is 0 Å². The summed E-state index contributed by atoms with van der Waals surface area (Å²) in [6, 6.07) is 1.09. The number of H-pyrrole nitrogens is 1. The second-order valence-corrected chi connectivity index (χ2v) is 5.66. The van der Waals surface area contributed by atoms with E-state index in [0.29, 0.717) is 19.6 Å². The largest absolute Gasteiger partial charge is 0.359 e. The molecule has 2 fully saturated rings. The normalized spacial score (nSPS) is 21.9. The second kappa shape index (κ2) is 5.43. The third-order valence-corrected chi connectivity index (χ3v) is 4.24. The van der Waals surface area contributed by atoms with Crippen LogP contribution in [-0.4, -0.2) is 65.2 Å². The molecule has 7 nitrogen and oxygen atoms in total. The number of amides is 3. The number of hydrogen-bond donors (Lipinski definition) is 2. The lowest BCUT2D eigenvalue weighted by Crippen LogP contribution is -2.61. The first kappa shape index (κ1) is 14.6. The average Bonchev–Trinajstić information content (AvgIpc) is 3.03. The summed E-state index contributed by atoms with van der Waals surface area (Å²) in [4.78, 5) is 41.4. The van der Waals surface area contributed by atoms with Crippen molar-refractivity contribution in [1.82, 2.24) is 20.1 Å². The zero-order valence-corrected chi connectivity index (χ0v) is 12.1. The van der Waals surface area contributed by atoms with Gasteiger partial charge in [0.1, 0.15) is 11.5 Å². The predicted molar refractivity (Wildman–Crippen MR) is 74.3 cm³/mol. The van der Waals surface area contributed by atoms with Gasteiger partial charge in [0.05, 0.1) is 12.0 Å². The molecule has 0 spiro atoms. The average molecular weight is 308 g/mol. The first-order valence-electron chi connectivity index (χ1n) is 7.14. The topological polar surface area (TPSA) is 85.5 Å². The van der Waals surface area contributed by atoms with Crippen molar-refractivity contribution in [3.05, 3.63) is 23.8 Å². The number of carbonyl (C=O) groups excluding carboxylic acids is 3. The summed E-state index contributed by atoms with van der Waals surface area (Å²) in [6.07, 6.45) is 1.34. The Morgan fingerprint density at radius 2 is 2.09 bits per heavy atom. The lowest BCUT2D eigenvalue weighted by atomic mass is 10.1. The smallest absolute Gasteiger partial charge is 0.270 e. The molecule has 8 heteroatoms. The zero-order chi connectivity index (χ0) is 15.9. The molecule has 1 aromatic rings. The van der Waals surface area contributed by atoms with Crippen molar-refractivity contribution in [1.29, 1.82) is 0 Å². The maximum atomic E-state index is 12.9. The summed E-state index contributed by atoms with van der Waals surface area (Å²) in [7, 11) is 1.55. The maximum Gasteiger partial charge on any atom is 0.270 e. The van der Waals surface area contributed by atoms with Crippen LogP contribution in [0.3, 0.4) is 0 Å². The third-order valence-electron chi connectivity index (χ3n) is 4.24. The van der Waals surface area contributed by atoms with Gasteiger partial charge in [-0.05, 0) is 0 Å². The number of nitrogens with zero attached hydrogens (tertiary/aromatic N) is 2. The Balaban J connectivity index is 1.56. The highest BCUT2D eigenvalue weighted by atomic mass is 19.1. The van der Waals surface area contributed by atoms with Crippen molar-refractivity contribution in [2.75, 3.05) is 26.7 Å². The highest BCUT2D eigenvalue weighted by Gasteiger charge is 2.43. The monoisotopic (exact) mass is 308 g/mol. The van der Waals surface area contributed by atoms with E-state index in [0.717, 1.165) is 12.3 Å². The zero-order valence-electron chi connectivity index (χ0n) is 12.1. The molecule has 1 atom stereocenters. The van der Waals surface area contributed by atoms with Crippen molar-refractivity contribution in [3.8, 4) is 0 Å². The van der Waals surface area contributed by atoms with Crippen LogP contribution < -0.4 is 5.32 Å². The summed E-state index contributed by atoms with van der Waals surface area (Å²) in [5, 5.41) is 2.55. The van der Waals surface area contributed by atoms with Crippen molar-refractivity contribution >= 4 is 17.7 Å². The van der Waals surface area contributed by atoms with Gasteiger partial charge in [-0.25, -0.2) is 4.39 Å². The Labute approximate surface area is 126 Å². The van der Waals surface area contributed by atoms with E-state index in [1.165, 1.54) is 0 Å². The molecule has 22 heavy (non-hydrogen) atoms. The number of carbonyl (C=O) groups is 3. The van der Waals surface area contributed by atoms with Crippen LogP contribution in [-0.2, 0) is 9.59 Å². The van der Waals surface area contributed by atoms with E-state index >= 15 is 0 Å².